The van der Waals surface area contributed by atoms with Crippen LogP contribution in [-0.4, -0.2) is 11.3 Å². The molecular formula is C32H45IrP+. The van der Waals surface area contributed by atoms with E-state index in [1.165, 1.54) is 49.7 Å². The van der Waals surface area contributed by atoms with Gasteiger partial charge in [0.15, 0.2) is 0 Å². The average Bonchev–Trinajstić information content (AvgIpc) is 2.98. The number of hydrogen-bond acceptors (Lipinski definition) is 0. The third kappa shape index (κ3) is 7.88. The SMILES string of the molecule is C1=CCC/C=C\CC1.C[C@@H]1CC[C@H](C)[PH+]1C1c2ccccc2C=Cc2ccccc21.[CH3-].[CH3-].[CH3-].[Ir+3]. The second-order valence-corrected chi connectivity index (χ2v) is 12.5. The third-order valence-electron chi connectivity index (χ3n) is 6.89. The molecule has 0 nitrogen and oxygen atoms in total. The van der Waals surface area contributed by atoms with Crippen LogP contribution < -0.4 is 0 Å². The van der Waals surface area contributed by atoms with Crippen molar-refractivity contribution < 1.29 is 20.1 Å². The van der Waals surface area contributed by atoms with E-state index in [1.54, 1.807) is 11.1 Å². The summed E-state index contributed by atoms with van der Waals surface area (Å²) in [7, 11) is -0.455. The summed E-state index contributed by atoms with van der Waals surface area (Å²) in [6, 6.07) is 18.1. The van der Waals surface area contributed by atoms with Crippen molar-refractivity contribution in [2.24, 2.45) is 0 Å². The van der Waals surface area contributed by atoms with Gasteiger partial charge in [-0.15, -0.1) is 0 Å². The van der Waals surface area contributed by atoms with Crippen LogP contribution >= 0.6 is 7.92 Å². The van der Waals surface area contributed by atoms with E-state index >= 15 is 0 Å². The van der Waals surface area contributed by atoms with Gasteiger partial charge in [-0.25, -0.2) is 0 Å². The summed E-state index contributed by atoms with van der Waals surface area (Å²) in [6.07, 6.45) is 21.5. The van der Waals surface area contributed by atoms with Crippen LogP contribution in [-0.2, 0) is 20.1 Å². The predicted molar refractivity (Wildman–Crippen MR) is 156 cm³/mol. The van der Waals surface area contributed by atoms with Crippen LogP contribution in [0.4, 0.5) is 0 Å². The molecule has 0 N–H and O–H groups in total. The molecule has 1 heterocycles. The Morgan fingerprint density at radius 1 is 0.588 bits per heavy atom. The van der Waals surface area contributed by atoms with Gasteiger partial charge in [0.2, 0.25) is 0 Å². The summed E-state index contributed by atoms with van der Waals surface area (Å²) in [5.41, 5.74) is 8.43. The first kappa shape index (κ1) is 32.7. The van der Waals surface area contributed by atoms with Crippen molar-refractivity contribution in [3.05, 3.63) is 117 Å². The standard InChI is InChI=1S/C21H23P.C8H12.3CH3.Ir/c1-15-11-12-16(2)22(15)21-19-9-5-3-7-17(19)13-14-18-8-4-6-10-20(18)21;1-2-4-6-8-7-5-3-1;;;;/h3-10,13-16,21H,11-12H2,1-2H3;1-2,7-8H,3-6H2;3*1H3;/q;;3*-1;+3/p+1/b;2-1-,8-7?;;;;/t15-,16+,22?;;;;;. The Bertz CT molecular complexity index is 841. The molecule has 0 saturated carbocycles. The van der Waals surface area contributed by atoms with Gasteiger partial charge in [0.25, 0.3) is 0 Å². The Balaban J connectivity index is 0.000000789. The molecule has 1 fully saturated rings. The van der Waals surface area contributed by atoms with E-state index < -0.39 is 7.92 Å². The molecule has 3 aliphatic rings. The van der Waals surface area contributed by atoms with Gasteiger partial charge in [-0.1, -0.05) is 85.0 Å². The van der Waals surface area contributed by atoms with Gasteiger partial charge in [-0.3, -0.25) is 0 Å². The van der Waals surface area contributed by atoms with Gasteiger partial charge < -0.3 is 22.3 Å². The van der Waals surface area contributed by atoms with E-state index in [9.17, 15) is 0 Å². The second-order valence-electron chi connectivity index (χ2n) is 9.00. The summed E-state index contributed by atoms with van der Waals surface area (Å²) < 4.78 is 0. The first-order valence-corrected chi connectivity index (χ1v) is 13.5. The van der Waals surface area contributed by atoms with E-state index in [1.807, 2.05) is 0 Å². The second kappa shape index (κ2) is 16.4. The average molecular weight is 653 g/mol. The number of fused-ring (bicyclic) bond motifs is 2. The molecule has 1 aliphatic heterocycles. The zero-order valence-corrected chi connectivity index (χ0v) is 25.3. The maximum Gasteiger partial charge on any atom is 3.00 e. The monoisotopic (exact) mass is 653 g/mol. The minimum atomic E-state index is -0.455. The molecular weight excluding hydrogens is 608 g/mol. The Morgan fingerprint density at radius 3 is 1.32 bits per heavy atom. The first-order valence-electron chi connectivity index (χ1n) is 11.8. The quantitative estimate of drug-likeness (QED) is 0.163. The Hall–Kier alpha value is -1.26. The maximum atomic E-state index is 2.50. The number of hydrogen-bond donors (Lipinski definition) is 0. The van der Waals surface area contributed by atoms with Gasteiger partial charge in [0.05, 0.1) is 11.3 Å². The fourth-order valence-electron chi connectivity index (χ4n) is 5.30. The summed E-state index contributed by atoms with van der Waals surface area (Å²) in [4.78, 5) is 0. The summed E-state index contributed by atoms with van der Waals surface area (Å²) in [5.74, 6) is 0. The van der Waals surface area contributed by atoms with Gasteiger partial charge in [0, 0.05) is 19.0 Å². The molecule has 5 rings (SSSR count). The Kier molecular flexibility index (Phi) is 15.8. The Morgan fingerprint density at radius 2 is 0.941 bits per heavy atom. The summed E-state index contributed by atoms with van der Waals surface area (Å²) in [6.45, 7) is 5.00. The molecule has 2 aromatic rings. The molecule has 0 aromatic heterocycles. The molecule has 0 radical (unpaired) electrons. The van der Waals surface area contributed by atoms with Crippen molar-refractivity contribution in [3.63, 3.8) is 0 Å². The molecule has 186 valence electrons. The van der Waals surface area contributed by atoms with Crippen molar-refractivity contribution in [3.8, 4) is 0 Å². The van der Waals surface area contributed by atoms with Crippen LogP contribution in [0.5, 0.6) is 0 Å². The minimum absolute atomic E-state index is 0. The van der Waals surface area contributed by atoms with Gasteiger partial charge in [0.1, 0.15) is 5.66 Å². The van der Waals surface area contributed by atoms with Crippen molar-refractivity contribution in [2.75, 3.05) is 0 Å². The van der Waals surface area contributed by atoms with Crippen LogP contribution in [0.3, 0.4) is 0 Å². The molecule has 2 aliphatic carbocycles. The van der Waals surface area contributed by atoms with Gasteiger partial charge in [-0.05, 0) is 63.5 Å². The molecule has 0 bridgehead atoms. The minimum Gasteiger partial charge on any atom is -0.358 e. The number of rotatable bonds is 1. The van der Waals surface area contributed by atoms with Crippen LogP contribution in [0.15, 0.2) is 72.8 Å². The van der Waals surface area contributed by atoms with E-state index in [2.05, 4.69) is 98.8 Å². The fourth-order valence-corrected chi connectivity index (χ4v) is 9.66. The van der Waals surface area contributed by atoms with Crippen LogP contribution in [0.25, 0.3) is 12.2 Å². The fraction of sp³-hybridized carbons (Fsp3) is 0.344. The molecule has 34 heavy (non-hydrogen) atoms. The van der Waals surface area contributed by atoms with E-state index in [4.69, 9.17) is 0 Å². The van der Waals surface area contributed by atoms with Crippen molar-refractivity contribution in [1.82, 2.24) is 0 Å². The van der Waals surface area contributed by atoms with Crippen LogP contribution in [0.2, 0.25) is 0 Å². The Labute approximate surface area is 226 Å². The van der Waals surface area contributed by atoms with Crippen molar-refractivity contribution in [1.29, 1.82) is 0 Å². The summed E-state index contributed by atoms with van der Waals surface area (Å²) >= 11 is 0. The van der Waals surface area contributed by atoms with Crippen LogP contribution in [0.1, 0.15) is 80.3 Å². The molecule has 2 aromatic carbocycles. The van der Waals surface area contributed by atoms with Crippen molar-refractivity contribution >= 4 is 20.1 Å². The van der Waals surface area contributed by atoms with Gasteiger partial charge >= 0.3 is 20.1 Å². The first-order chi connectivity index (χ1) is 14.8. The zero-order valence-electron chi connectivity index (χ0n) is 21.9. The molecule has 0 amide bonds. The summed E-state index contributed by atoms with van der Waals surface area (Å²) in [5, 5.41) is 0. The maximum absolute atomic E-state index is 2.50. The number of benzene rings is 2. The van der Waals surface area contributed by atoms with Gasteiger partial charge in [-0.2, -0.15) is 0 Å². The molecule has 2 heteroatoms. The third-order valence-corrected chi connectivity index (χ3v) is 11.0. The zero-order chi connectivity index (χ0) is 20.8. The van der Waals surface area contributed by atoms with Crippen LogP contribution in [0, 0.1) is 22.3 Å². The molecule has 3 atom stereocenters. The smallest absolute Gasteiger partial charge is 0.358 e. The number of allylic oxidation sites excluding steroid dienone is 4. The molecule has 1 unspecified atom stereocenters. The normalized spacial score (nSPS) is 23.3. The van der Waals surface area contributed by atoms with E-state index in [-0.39, 0.29) is 42.4 Å². The van der Waals surface area contributed by atoms with E-state index in [0.717, 1.165) is 11.3 Å². The topological polar surface area (TPSA) is 0 Å². The van der Waals surface area contributed by atoms with Crippen molar-refractivity contribution in [2.45, 2.75) is 69.3 Å². The molecule has 1 saturated heterocycles. The van der Waals surface area contributed by atoms with E-state index in [0.29, 0.717) is 5.66 Å². The molecule has 0 spiro atoms. The predicted octanol–water partition coefficient (Wildman–Crippen LogP) is 10.1. The largest absolute Gasteiger partial charge is 3.00 e.